The van der Waals surface area contributed by atoms with Crippen LogP contribution in [-0.2, 0) is 10.8 Å². The lowest BCUT2D eigenvalue weighted by Gasteiger charge is -2.23. The van der Waals surface area contributed by atoms with Crippen LogP contribution in [0.15, 0.2) is 42.7 Å². The number of fused-ring (bicyclic) bond motifs is 1. The summed E-state index contributed by atoms with van der Waals surface area (Å²) in [7, 11) is -0.741. The molecule has 1 aliphatic rings. The zero-order valence-corrected chi connectivity index (χ0v) is 15.9. The van der Waals surface area contributed by atoms with Crippen LogP contribution in [0.1, 0.15) is 12.8 Å². The van der Waals surface area contributed by atoms with Crippen molar-refractivity contribution in [3.8, 4) is 5.75 Å². The summed E-state index contributed by atoms with van der Waals surface area (Å²) < 4.78 is 31.2. The average molecular weight is 406 g/mol. The third-order valence-corrected chi connectivity index (χ3v) is 6.11. The quantitative estimate of drug-likeness (QED) is 0.694. The highest BCUT2D eigenvalue weighted by atomic mass is 35.5. The van der Waals surface area contributed by atoms with E-state index in [1.54, 1.807) is 6.07 Å². The predicted molar refractivity (Wildman–Crippen MR) is 106 cm³/mol. The average Bonchev–Trinajstić information content (AvgIpc) is 2.67. The molecule has 1 aromatic heterocycles. The molecule has 2 heterocycles. The fourth-order valence-electron chi connectivity index (χ4n) is 3.05. The molecule has 3 aromatic rings. The number of ether oxygens (including phenoxy) is 1. The molecule has 4 rings (SSSR count). The highest BCUT2D eigenvalue weighted by molar-refractivity contribution is 7.85. The molecule has 0 radical (unpaired) electrons. The summed E-state index contributed by atoms with van der Waals surface area (Å²) in [6.45, 7) is 0. The summed E-state index contributed by atoms with van der Waals surface area (Å²) in [6.07, 6.45) is 2.99. The third kappa shape index (κ3) is 4.04. The molecule has 0 spiro atoms. The van der Waals surface area contributed by atoms with Crippen molar-refractivity contribution in [1.29, 1.82) is 0 Å². The van der Waals surface area contributed by atoms with Crippen LogP contribution in [0.3, 0.4) is 0 Å². The molecule has 2 aromatic carbocycles. The number of halogens is 2. The molecular formula is C19H17ClFN3O2S. The maximum atomic E-state index is 13.4. The van der Waals surface area contributed by atoms with E-state index < -0.39 is 16.6 Å². The van der Waals surface area contributed by atoms with E-state index in [1.807, 2.05) is 18.2 Å². The van der Waals surface area contributed by atoms with Gasteiger partial charge in [-0.1, -0.05) is 17.7 Å². The number of rotatable bonds is 4. The lowest BCUT2D eigenvalue weighted by molar-refractivity contribution is 0.193. The molecular weight excluding hydrogens is 389 g/mol. The number of hydrogen-bond acceptors (Lipinski definition) is 5. The molecule has 0 unspecified atom stereocenters. The van der Waals surface area contributed by atoms with Crippen LogP contribution in [0, 0.1) is 5.82 Å². The van der Waals surface area contributed by atoms with Gasteiger partial charge in [0.05, 0.1) is 15.9 Å². The molecule has 0 amide bonds. The molecule has 1 N–H and O–H groups in total. The third-order valence-electron chi connectivity index (χ3n) is 4.44. The number of hydrogen-bond donors (Lipinski definition) is 1. The van der Waals surface area contributed by atoms with E-state index >= 15 is 0 Å². The Kier molecular flexibility index (Phi) is 5.22. The molecule has 0 aliphatic carbocycles. The van der Waals surface area contributed by atoms with Gasteiger partial charge in [0.2, 0.25) is 0 Å². The summed E-state index contributed by atoms with van der Waals surface area (Å²) >= 11 is 5.87. The van der Waals surface area contributed by atoms with Crippen LogP contribution in [0.25, 0.3) is 10.9 Å². The Morgan fingerprint density at radius 1 is 1.19 bits per heavy atom. The van der Waals surface area contributed by atoms with E-state index in [0.29, 0.717) is 28.8 Å². The first kappa shape index (κ1) is 18.1. The van der Waals surface area contributed by atoms with Crippen LogP contribution in [0.4, 0.5) is 15.9 Å². The first-order valence-corrected chi connectivity index (χ1v) is 10.4. The minimum absolute atomic E-state index is 0.0154. The largest absolute Gasteiger partial charge is 0.490 e. The summed E-state index contributed by atoms with van der Waals surface area (Å²) in [5, 5.41) is 3.94. The van der Waals surface area contributed by atoms with E-state index in [0.717, 1.165) is 23.7 Å². The lowest BCUT2D eigenvalue weighted by atomic mass is 10.1. The van der Waals surface area contributed by atoms with E-state index in [9.17, 15) is 8.60 Å². The molecule has 0 bridgehead atoms. The van der Waals surface area contributed by atoms with Crippen molar-refractivity contribution in [2.45, 2.75) is 18.9 Å². The summed E-state index contributed by atoms with van der Waals surface area (Å²) in [5.74, 6) is 2.06. The van der Waals surface area contributed by atoms with Gasteiger partial charge < -0.3 is 10.1 Å². The lowest BCUT2D eigenvalue weighted by Crippen LogP contribution is -2.27. The highest BCUT2D eigenvalue weighted by Gasteiger charge is 2.21. The van der Waals surface area contributed by atoms with Gasteiger partial charge in [0.15, 0.2) is 0 Å². The van der Waals surface area contributed by atoms with Crippen molar-refractivity contribution in [1.82, 2.24) is 9.97 Å². The van der Waals surface area contributed by atoms with E-state index in [-0.39, 0.29) is 11.1 Å². The maximum absolute atomic E-state index is 13.4. The van der Waals surface area contributed by atoms with Gasteiger partial charge in [0.1, 0.15) is 29.8 Å². The van der Waals surface area contributed by atoms with Crippen molar-refractivity contribution in [2.75, 3.05) is 16.8 Å². The highest BCUT2D eigenvalue weighted by Crippen LogP contribution is 2.33. The topological polar surface area (TPSA) is 64.1 Å². The number of nitrogens with zero attached hydrogens (tertiary/aromatic N) is 2. The minimum Gasteiger partial charge on any atom is -0.490 e. The Balaban J connectivity index is 1.68. The smallest absolute Gasteiger partial charge is 0.145 e. The molecule has 1 fully saturated rings. The molecule has 140 valence electrons. The van der Waals surface area contributed by atoms with E-state index in [4.69, 9.17) is 16.3 Å². The fourth-order valence-corrected chi connectivity index (χ4v) is 4.49. The Hall–Kier alpha value is -2.25. The second-order valence-electron chi connectivity index (χ2n) is 6.29. The van der Waals surface area contributed by atoms with Crippen molar-refractivity contribution >= 4 is 44.8 Å². The Bertz CT molecular complexity index is 1000. The Morgan fingerprint density at radius 2 is 2.00 bits per heavy atom. The van der Waals surface area contributed by atoms with Crippen molar-refractivity contribution in [2.24, 2.45) is 0 Å². The maximum Gasteiger partial charge on any atom is 0.145 e. The first-order valence-electron chi connectivity index (χ1n) is 8.57. The van der Waals surface area contributed by atoms with Gasteiger partial charge in [-0.05, 0) is 43.2 Å². The van der Waals surface area contributed by atoms with Crippen molar-refractivity contribution in [3.05, 3.63) is 53.6 Å². The predicted octanol–water partition coefficient (Wildman–Crippen LogP) is 4.46. The van der Waals surface area contributed by atoms with E-state index in [1.165, 1.54) is 18.5 Å². The minimum atomic E-state index is -0.741. The Morgan fingerprint density at radius 3 is 2.78 bits per heavy atom. The van der Waals surface area contributed by atoms with Gasteiger partial charge in [-0.15, -0.1) is 0 Å². The summed E-state index contributed by atoms with van der Waals surface area (Å²) in [4.78, 5) is 8.65. The van der Waals surface area contributed by atoms with Crippen LogP contribution < -0.4 is 10.1 Å². The fraction of sp³-hybridized carbons (Fsp3) is 0.263. The van der Waals surface area contributed by atoms with Gasteiger partial charge in [-0.3, -0.25) is 4.21 Å². The van der Waals surface area contributed by atoms with Gasteiger partial charge in [-0.2, -0.15) is 0 Å². The van der Waals surface area contributed by atoms with Crippen LogP contribution in [0.5, 0.6) is 5.75 Å². The van der Waals surface area contributed by atoms with Gasteiger partial charge in [-0.25, -0.2) is 14.4 Å². The SMILES string of the molecule is O=S1CCC(Oc2cccc3ncnc(Nc4ccc(F)c(Cl)c4)c23)CC1. The van der Waals surface area contributed by atoms with Crippen molar-refractivity contribution in [3.63, 3.8) is 0 Å². The van der Waals surface area contributed by atoms with Gasteiger partial charge in [0, 0.05) is 28.0 Å². The molecule has 5 nitrogen and oxygen atoms in total. The second-order valence-corrected chi connectivity index (χ2v) is 8.40. The number of benzene rings is 2. The zero-order chi connectivity index (χ0) is 18.8. The van der Waals surface area contributed by atoms with Crippen LogP contribution in [-0.4, -0.2) is 31.8 Å². The number of nitrogens with one attached hydrogen (secondary N) is 1. The number of aromatic nitrogens is 2. The zero-order valence-electron chi connectivity index (χ0n) is 14.3. The van der Waals surface area contributed by atoms with Crippen LogP contribution in [0.2, 0.25) is 5.02 Å². The molecule has 27 heavy (non-hydrogen) atoms. The monoisotopic (exact) mass is 405 g/mol. The van der Waals surface area contributed by atoms with Gasteiger partial charge in [0.25, 0.3) is 0 Å². The summed E-state index contributed by atoms with van der Waals surface area (Å²) in [6, 6.07) is 10.0. The van der Waals surface area contributed by atoms with Gasteiger partial charge >= 0.3 is 0 Å². The summed E-state index contributed by atoms with van der Waals surface area (Å²) in [5.41, 5.74) is 1.35. The standard InChI is InChI=1S/C19H17ClFN3O2S/c20-14-10-12(4-5-15(14)21)24-19-18-16(22-11-23-19)2-1-3-17(18)26-13-6-8-27(25)9-7-13/h1-5,10-11,13H,6-9H2,(H,22,23,24). The number of anilines is 2. The Labute approximate surface area is 163 Å². The van der Waals surface area contributed by atoms with E-state index in [2.05, 4.69) is 15.3 Å². The first-order chi connectivity index (χ1) is 13.1. The molecule has 1 aliphatic heterocycles. The van der Waals surface area contributed by atoms with Crippen molar-refractivity contribution < 1.29 is 13.3 Å². The molecule has 1 saturated heterocycles. The molecule has 0 atom stereocenters. The second kappa shape index (κ2) is 7.78. The normalized spacial score (nSPS) is 19.8. The molecule has 8 heteroatoms. The molecule has 0 saturated carbocycles. The van der Waals surface area contributed by atoms with Crippen LogP contribution >= 0.6 is 11.6 Å².